The van der Waals surface area contributed by atoms with Crippen LogP contribution in [-0.4, -0.2) is 19.3 Å². The van der Waals surface area contributed by atoms with Crippen molar-refractivity contribution in [2.75, 3.05) is 5.32 Å². The van der Waals surface area contributed by atoms with Crippen LogP contribution in [0.3, 0.4) is 0 Å². The van der Waals surface area contributed by atoms with Crippen LogP contribution in [0, 0.1) is 0 Å². The minimum atomic E-state index is -3.70. The molecule has 1 aromatic heterocycles. The van der Waals surface area contributed by atoms with Crippen LogP contribution in [-0.2, 0) is 28.0 Å². The molecule has 0 aliphatic carbocycles. The Bertz CT molecular complexity index is 848. The summed E-state index contributed by atoms with van der Waals surface area (Å²) in [7, 11) is -3.70. The Kier molecular flexibility index (Phi) is 4.12. The molecule has 8 heteroatoms. The van der Waals surface area contributed by atoms with Gasteiger partial charge < -0.3 is 5.32 Å². The van der Waals surface area contributed by atoms with E-state index in [0.29, 0.717) is 18.7 Å². The number of fused-ring (bicyclic) bond motifs is 1. The number of benzene rings is 1. The lowest BCUT2D eigenvalue weighted by Gasteiger charge is -2.19. The van der Waals surface area contributed by atoms with Gasteiger partial charge >= 0.3 is 0 Å². The van der Waals surface area contributed by atoms with Crippen molar-refractivity contribution in [1.29, 1.82) is 0 Å². The lowest BCUT2D eigenvalue weighted by molar-refractivity contribution is -0.116. The third kappa shape index (κ3) is 3.73. The van der Waals surface area contributed by atoms with Crippen molar-refractivity contribution in [3.63, 3.8) is 0 Å². The van der Waals surface area contributed by atoms with Crippen molar-refractivity contribution in [1.82, 2.24) is 9.71 Å². The number of anilines is 1. The van der Waals surface area contributed by atoms with Crippen LogP contribution in [0.2, 0.25) is 0 Å². The molecule has 0 spiro atoms. The maximum atomic E-state index is 11.5. The zero-order valence-corrected chi connectivity index (χ0v) is 13.1. The number of nitrogens with two attached hydrogens (primary N) is 1. The van der Waals surface area contributed by atoms with E-state index in [9.17, 15) is 13.2 Å². The van der Waals surface area contributed by atoms with Crippen molar-refractivity contribution in [2.24, 2.45) is 5.14 Å². The summed E-state index contributed by atoms with van der Waals surface area (Å²) in [6, 6.07) is 9.40. The average molecular weight is 332 g/mol. The first kappa shape index (κ1) is 15.6. The maximum absolute atomic E-state index is 11.5. The number of carbonyl (C=O) groups is 1. The second-order valence-electron chi connectivity index (χ2n) is 5.30. The van der Waals surface area contributed by atoms with E-state index in [1.165, 1.54) is 0 Å². The highest BCUT2D eigenvalue weighted by atomic mass is 32.2. The molecule has 7 nitrogen and oxygen atoms in total. The molecule has 0 bridgehead atoms. The molecule has 4 N–H and O–H groups in total. The Morgan fingerprint density at radius 2 is 1.91 bits per heavy atom. The SMILES string of the molecule is NS(=O)(=O)NCc1ccc(-c2ccnc3c2CCC(=O)N3)cc1. The molecule has 1 aromatic carbocycles. The minimum Gasteiger partial charge on any atom is -0.310 e. The molecule has 1 aliphatic rings. The van der Waals surface area contributed by atoms with E-state index in [0.717, 1.165) is 22.3 Å². The lowest BCUT2D eigenvalue weighted by atomic mass is 9.95. The molecule has 23 heavy (non-hydrogen) atoms. The van der Waals surface area contributed by atoms with Crippen LogP contribution in [0.5, 0.6) is 0 Å². The summed E-state index contributed by atoms with van der Waals surface area (Å²) in [5.41, 5.74) is 3.82. The number of pyridine rings is 1. The Hall–Kier alpha value is -2.29. The van der Waals surface area contributed by atoms with Crippen LogP contribution in [0.4, 0.5) is 5.82 Å². The first-order valence-corrected chi connectivity index (χ1v) is 8.61. The van der Waals surface area contributed by atoms with Crippen LogP contribution in [0.1, 0.15) is 17.5 Å². The second kappa shape index (κ2) is 6.07. The summed E-state index contributed by atoms with van der Waals surface area (Å²) in [4.78, 5) is 15.7. The van der Waals surface area contributed by atoms with Gasteiger partial charge in [-0.15, -0.1) is 0 Å². The number of hydrogen-bond donors (Lipinski definition) is 3. The van der Waals surface area contributed by atoms with Crippen LogP contribution in [0.25, 0.3) is 11.1 Å². The summed E-state index contributed by atoms with van der Waals surface area (Å²) in [6.07, 6.45) is 2.76. The molecule has 0 fully saturated rings. The maximum Gasteiger partial charge on any atom is 0.274 e. The summed E-state index contributed by atoms with van der Waals surface area (Å²) in [5.74, 6) is 0.588. The average Bonchev–Trinajstić information content (AvgIpc) is 2.52. The molecule has 0 radical (unpaired) electrons. The van der Waals surface area contributed by atoms with Gasteiger partial charge in [0.05, 0.1) is 0 Å². The van der Waals surface area contributed by atoms with Crippen LogP contribution >= 0.6 is 0 Å². The number of nitrogens with one attached hydrogen (secondary N) is 2. The van der Waals surface area contributed by atoms with E-state index >= 15 is 0 Å². The molecular formula is C15H16N4O3S. The van der Waals surface area contributed by atoms with E-state index in [-0.39, 0.29) is 12.5 Å². The third-order valence-electron chi connectivity index (χ3n) is 3.66. The van der Waals surface area contributed by atoms with Gasteiger partial charge in [-0.3, -0.25) is 4.79 Å². The van der Waals surface area contributed by atoms with Gasteiger partial charge in [0.1, 0.15) is 5.82 Å². The predicted molar refractivity (Wildman–Crippen MR) is 86.6 cm³/mol. The minimum absolute atomic E-state index is 0.0217. The summed E-state index contributed by atoms with van der Waals surface area (Å²) in [6.45, 7) is 0.142. The van der Waals surface area contributed by atoms with E-state index in [2.05, 4.69) is 15.0 Å². The number of nitrogens with zero attached hydrogens (tertiary/aromatic N) is 1. The third-order valence-corrected chi connectivity index (χ3v) is 4.20. The molecule has 2 heterocycles. The number of rotatable bonds is 4. The highest BCUT2D eigenvalue weighted by Crippen LogP contribution is 2.31. The fourth-order valence-corrected chi connectivity index (χ4v) is 2.91. The zero-order chi connectivity index (χ0) is 16.4. The molecule has 2 aromatic rings. The van der Waals surface area contributed by atoms with Gasteiger partial charge in [-0.2, -0.15) is 13.1 Å². The summed E-state index contributed by atoms with van der Waals surface area (Å²) >= 11 is 0. The van der Waals surface area contributed by atoms with Crippen molar-refractivity contribution >= 4 is 21.9 Å². The topological polar surface area (TPSA) is 114 Å². The molecule has 1 amide bonds. The number of carbonyl (C=O) groups excluding carboxylic acids is 1. The Labute approximate surface area is 134 Å². The molecule has 0 unspecified atom stereocenters. The van der Waals surface area contributed by atoms with Crippen molar-refractivity contribution in [3.05, 3.63) is 47.7 Å². The molecule has 0 atom stereocenters. The molecule has 120 valence electrons. The Morgan fingerprint density at radius 1 is 1.17 bits per heavy atom. The molecule has 0 saturated heterocycles. The van der Waals surface area contributed by atoms with Crippen molar-refractivity contribution in [2.45, 2.75) is 19.4 Å². The summed E-state index contributed by atoms with van der Waals surface area (Å²) in [5, 5.41) is 7.69. The fourth-order valence-electron chi connectivity index (χ4n) is 2.54. The molecular weight excluding hydrogens is 316 g/mol. The molecule has 1 aliphatic heterocycles. The fraction of sp³-hybridized carbons (Fsp3) is 0.200. The Morgan fingerprint density at radius 3 is 2.61 bits per heavy atom. The van der Waals surface area contributed by atoms with E-state index in [1.807, 2.05) is 30.3 Å². The normalized spacial score (nSPS) is 14.2. The van der Waals surface area contributed by atoms with Crippen molar-refractivity contribution < 1.29 is 13.2 Å². The largest absolute Gasteiger partial charge is 0.310 e. The van der Waals surface area contributed by atoms with Gasteiger partial charge in [-0.25, -0.2) is 10.1 Å². The van der Waals surface area contributed by atoms with Gasteiger partial charge in [-0.05, 0) is 29.2 Å². The van der Waals surface area contributed by atoms with Gasteiger partial charge in [0.25, 0.3) is 10.2 Å². The van der Waals surface area contributed by atoms with E-state index in [1.54, 1.807) is 6.20 Å². The smallest absolute Gasteiger partial charge is 0.274 e. The number of aromatic nitrogens is 1. The predicted octanol–water partition coefficient (Wildman–Crippen LogP) is 0.926. The van der Waals surface area contributed by atoms with Gasteiger partial charge in [0, 0.05) is 24.7 Å². The zero-order valence-electron chi connectivity index (χ0n) is 12.2. The first-order valence-electron chi connectivity index (χ1n) is 7.07. The first-order chi connectivity index (χ1) is 10.9. The summed E-state index contributed by atoms with van der Waals surface area (Å²) < 4.78 is 24.1. The van der Waals surface area contributed by atoms with Crippen LogP contribution < -0.4 is 15.2 Å². The molecule has 3 rings (SSSR count). The van der Waals surface area contributed by atoms with E-state index < -0.39 is 10.2 Å². The van der Waals surface area contributed by atoms with Crippen molar-refractivity contribution in [3.8, 4) is 11.1 Å². The Balaban J connectivity index is 1.86. The highest BCUT2D eigenvalue weighted by molar-refractivity contribution is 7.87. The molecule has 0 saturated carbocycles. The lowest BCUT2D eigenvalue weighted by Crippen LogP contribution is -2.30. The van der Waals surface area contributed by atoms with Gasteiger partial charge in [-0.1, -0.05) is 24.3 Å². The highest BCUT2D eigenvalue weighted by Gasteiger charge is 2.19. The number of amides is 1. The number of hydrogen-bond acceptors (Lipinski definition) is 4. The van der Waals surface area contributed by atoms with Gasteiger partial charge in [0.2, 0.25) is 5.91 Å². The standard InChI is InChI=1S/C15H16N4O3S/c16-23(21,22)18-9-10-1-3-11(4-2-10)12-7-8-17-15-13(12)5-6-14(20)19-15/h1-4,7-8,18H,5-6,9H2,(H2,16,21,22)(H,17,19,20). The van der Waals surface area contributed by atoms with E-state index in [4.69, 9.17) is 5.14 Å². The van der Waals surface area contributed by atoms with Gasteiger partial charge in [0.15, 0.2) is 0 Å². The quantitative estimate of drug-likeness (QED) is 0.772. The van der Waals surface area contributed by atoms with Crippen LogP contribution in [0.15, 0.2) is 36.5 Å². The second-order valence-corrected chi connectivity index (χ2v) is 6.68. The monoisotopic (exact) mass is 332 g/mol.